The monoisotopic (exact) mass is 513 g/mol. The summed E-state index contributed by atoms with van der Waals surface area (Å²) in [5.74, 6) is -0.585. The summed E-state index contributed by atoms with van der Waals surface area (Å²) in [6, 6.07) is 14.1. The first-order valence-corrected chi connectivity index (χ1v) is 12.2. The number of pyridine rings is 1. The molecule has 2 amide bonds. The molecular formula is C23H20ClN5O5S. The predicted molar refractivity (Wildman–Crippen MR) is 128 cm³/mol. The summed E-state index contributed by atoms with van der Waals surface area (Å²) in [7, 11) is -2.89. The molecule has 10 nitrogen and oxygen atoms in total. The lowest BCUT2D eigenvalue weighted by Crippen LogP contribution is -2.41. The Morgan fingerprint density at radius 2 is 1.86 bits per heavy atom. The number of aromatic nitrogens is 1. The highest BCUT2D eigenvalue weighted by atomic mass is 35.5. The number of halogens is 1. The molecule has 2 aromatic carbocycles. The van der Waals surface area contributed by atoms with Gasteiger partial charge in [-0.25, -0.2) is 13.4 Å². The van der Waals surface area contributed by atoms with E-state index >= 15 is 0 Å². The Morgan fingerprint density at radius 1 is 1.14 bits per heavy atom. The molecule has 2 N–H and O–H groups in total. The van der Waals surface area contributed by atoms with E-state index in [4.69, 9.17) is 16.3 Å². The third-order valence-corrected chi connectivity index (χ3v) is 6.85. The third-order valence-electron chi connectivity index (χ3n) is 5.33. The summed E-state index contributed by atoms with van der Waals surface area (Å²) in [4.78, 5) is 29.6. The standard InChI is InChI=1S/C23H20ClN5O5S/c1-34-21-7-4-17(19-13-20(29(14-30)27-19)15-2-5-18(24)6-3-15)12-22(21)35(32,33)28-26-23(31)16-8-10-25-11-9-16/h2-12,14,20,28H,13H2,1H3,(H,26,31). The van der Waals surface area contributed by atoms with Gasteiger partial charge in [-0.1, -0.05) is 23.7 Å². The van der Waals surface area contributed by atoms with Crippen molar-refractivity contribution in [2.75, 3.05) is 7.11 Å². The van der Waals surface area contributed by atoms with Crippen molar-refractivity contribution >= 4 is 39.7 Å². The number of hydrogen-bond acceptors (Lipinski definition) is 7. The van der Waals surface area contributed by atoms with E-state index in [-0.39, 0.29) is 22.3 Å². The Kier molecular flexibility index (Phi) is 7.10. The van der Waals surface area contributed by atoms with Gasteiger partial charge in [0, 0.05) is 29.4 Å². The zero-order valence-corrected chi connectivity index (χ0v) is 20.0. The zero-order valence-electron chi connectivity index (χ0n) is 18.4. The van der Waals surface area contributed by atoms with E-state index in [9.17, 15) is 18.0 Å². The number of methoxy groups -OCH3 is 1. The van der Waals surface area contributed by atoms with Gasteiger partial charge in [-0.15, -0.1) is 4.83 Å². The lowest BCUT2D eigenvalue weighted by atomic mass is 9.98. The van der Waals surface area contributed by atoms with Crippen molar-refractivity contribution in [1.82, 2.24) is 20.2 Å². The first kappa shape index (κ1) is 24.3. The molecule has 180 valence electrons. The molecule has 2 heterocycles. The minimum atomic E-state index is -4.22. The summed E-state index contributed by atoms with van der Waals surface area (Å²) < 4.78 is 31.3. The summed E-state index contributed by atoms with van der Waals surface area (Å²) in [6.07, 6.45) is 3.80. The van der Waals surface area contributed by atoms with Crippen molar-refractivity contribution < 1.29 is 22.7 Å². The topological polar surface area (TPSA) is 130 Å². The molecule has 35 heavy (non-hydrogen) atoms. The van der Waals surface area contributed by atoms with Gasteiger partial charge < -0.3 is 4.74 Å². The molecule has 4 rings (SSSR count). The van der Waals surface area contributed by atoms with Crippen LogP contribution in [0.3, 0.4) is 0 Å². The SMILES string of the molecule is COc1ccc(C2=NN(C=O)C(c3ccc(Cl)cc3)C2)cc1S(=O)(=O)NNC(=O)c1ccncc1. The number of hydrazone groups is 1. The first-order valence-electron chi connectivity index (χ1n) is 10.3. The second kappa shape index (κ2) is 10.2. The molecule has 0 fully saturated rings. The minimum Gasteiger partial charge on any atom is -0.495 e. The van der Waals surface area contributed by atoms with Crippen LogP contribution in [0.15, 0.2) is 77.0 Å². The fraction of sp³-hybridized carbons (Fsp3) is 0.130. The van der Waals surface area contributed by atoms with Gasteiger partial charge in [0.15, 0.2) is 0 Å². The molecule has 0 spiro atoms. The van der Waals surface area contributed by atoms with Crippen molar-refractivity contribution in [1.29, 1.82) is 0 Å². The molecule has 12 heteroatoms. The quantitative estimate of drug-likeness (QED) is 0.352. The second-order valence-corrected chi connectivity index (χ2v) is 9.55. The van der Waals surface area contributed by atoms with Gasteiger partial charge in [0.1, 0.15) is 10.6 Å². The second-order valence-electron chi connectivity index (χ2n) is 7.46. The Labute approximate surface area is 206 Å². The number of carbonyl (C=O) groups is 2. The van der Waals surface area contributed by atoms with E-state index < -0.39 is 15.9 Å². The van der Waals surface area contributed by atoms with E-state index in [1.165, 1.54) is 48.8 Å². The van der Waals surface area contributed by atoms with Crippen LogP contribution in [0.4, 0.5) is 0 Å². The Hall–Kier alpha value is -3.80. The Bertz CT molecular complexity index is 1380. The highest BCUT2D eigenvalue weighted by Gasteiger charge is 2.30. The number of nitrogens with zero attached hydrogens (tertiary/aromatic N) is 3. The van der Waals surface area contributed by atoms with Crippen LogP contribution < -0.4 is 15.0 Å². The largest absolute Gasteiger partial charge is 0.495 e. The Morgan fingerprint density at radius 3 is 2.51 bits per heavy atom. The van der Waals surface area contributed by atoms with Crippen LogP contribution in [-0.2, 0) is 14.8 Å². The van der Waals surface area contributed by atoms with Gasteiger partial charge in [-0.3, -0.25) is 20.0 Å². The molecule has 1 atom stereocenters. The summed E-state index contributed by atoms with van der Waals surface area (Å²) in [5.41, 5.74) is 4.23. The zero-order chi connectivity index (χ0) is 25.0. The smallest absolute Gasteiger partial charge is 0.266 e. The van der Waals surface area contributed by atoms with E-state index in [1.54, 1.807) is 30.3 Å². The number of nitrogens with one attached hydrogen (secondary N) is 2. The van der Waals surface area contributed by atoms with Crippen LogP contribution in [0.5, 0.6) is 5.75 Å². The molecule has 0 saturated carbocycles. The van der Waals surface area contributed by atoms with Crippen molar-refractivity contribution in [3.63, 3.8) is 0 Å². The lowest BCUT2D eigenvalue weighted by Gasteiger charge is -2.17. The fourth-order valence-electron chi connectivity index (χ4n) is 3.56. The van der Waals surface area contributed by atoms with Gasteiger partial charge in [-0.05, 0) is 53.6 Å². The van der Waals surface area contributed by atoms with Crippen LogP contribution in [0.1, 0.15) is 33.9 Å². The van der Waals surface area contributed by atoms with Crippen LogP contribution >= 0.6 is 11.6 Å². The molecule has 1 aliphatic heterocycles. The van der Waals surface area contributed by atoms with Crippen molar-refractivity contribution in [2.45, 2.75) is 17.4 Å². The van der Waals surface area contributed by atoms with E-state index in [1.807, 2.05) is 0 Å². The lowest BCUT2D eigenvalue weighted by molar-refractivity contribution is -0.119. The average molecular weight is 514 g/mol. The maximum atomic E-state index is 13.0. The first-order chi connectivity index (χ1) is 16.8. The van der Waals surface area contributed by atoms with Crippen molar-refractivity contribution in [3.05, 3.63) is 88.7 Å². The number of carbonyl (C=O) groups excluding carboxylic acids is 2. The predicted octanol–water partition coefficient (Wildman–Crippen LogP) is 2.67. The summed E-state index contributed by atoms with van der Waals surface area (Å²) in [6.45, 7) is 0. The maximum absolute atomic E-state index is 13.0. The molecule has 0 aliphatic carbocycles. The minimum absolute atomic E-state index is 0.0690. The van der Waals surface area contributed by atoms with Gasteiger partial charge in [0.05, 0.1) is 18.9 Å². The fourth-order valence-corrected chi connectivity index (χ4v) is 4.73. The van der Waals surface area contributed by atoms with E-state index in [0.717, 1.165) is 5.56 Å². The van der Waals surface area contributed by atoms with Gasteiger partial charge >= 0.3 is 0 Å². The number of hydrogen-bond donors (Lipinski definition) is 2. The maximum Gasteiger partial charge on any atom is 0.266 e. The van der Waals surface area contributed by atoms with Crippen molar-refractivity contribution in [3.8, 4) is 5.75 Å². The molecule has 0 saturated heterocycles. The van der Waals surface area contributed by atoms with Crippen LogP contribution in [0.2, 0.25) is 5.02 Å². The molecule has 3 aromatic rings. The number of hydrazine groups is 1. The summed E-state index contributed by atoms with van der Waals surface area (Å²) >= 11 is 5.97. The number of benzene rings is 2. The van der Waals surface area contributed by atoms with Gasteiger partial charge in [-0.2, -0.15) is 5.10 Å². The average Bonchev–Trinajstić information content (AvgIpc) is 3.32. The third kappa shape index (κ3) is 5.32. The van der Waals surface area contributed by atoms with Gasteiger partial charge in [0.25, 0.3) is 15.9 Å². The molecule has 0 bridgehead atoms. The highest BCUT2D eigenvalue weighted by Crippen LogP contribution is 2.34. The Balaban J connectivity index is 1.59. The number of rotatable bonds is 8. The molecule has 1 unspecified atom stereocenters. The summed E-state index contributed by atoms with van der Waals surface area (Å²) in [5, 5.41) is 6.22. The molecule has 0 radical (unpaired) electrons. The number of amides is 2. The number of ether oxygens (including phenoxy) is 1. The van der Waals surface area contributed by atoms with Crippen LogP contribution in [0, 0.1) is 0 Å². The number of sulfonamides is 1. The van der Waals surface area contributed by atoms with Crippen LogP contribution in [0.25, 0.3) is 0 Å². The molecule has 1 aliphatic rings. The highest BCUT2D eigenvalue weighted by molar-refractivity contribution is 7.89. The molecule has 1 aromatic heterocycles. The normalized spacial score (nSPS) is 15.4. The van der Waals surface area contributed by atoms with E-state index in [2.05, 4.69) is 20.3 Å². The molecular weight excluding hydrogens is 494 g/mol. The van der Waals surface area contributed by atoms with Gasteiger partial charge in [0.2, 0.25) is 6.41 Å². The van der Waals surface area contributed by atoms with E-state index in [0.29, 0.717) is 29.1 Å². The van der Waals surface area contributed by atoms with Crippen molar-refractivity contribution in [2.24, 2.45) is 5.10 Å². The van der Waals surface area contributed by atoms with Crippen LogP contribution in [-0.4, -0.2) is 43.5 Å².